The molecular formula is C14H24N2OS. The Labute approximate surface area is 114 Å². The molecule has 1 heterocycles. The summed E-state index contributed by atoms with van der Waals surface area (Å²) in [5, 5.41) is 10.5. The molecule has 1 rings (SSSR count). The monoisotopic (exact) mass is 268 g/mol. The van der Waals surface area contributed by atoms with E-state index in [-0.39, 0.29) is 11.4 Å². The van der Waals surface area contributed by atoms with Gasteiger partial charge in [0.15, 0.2) is 0 Å². The van der Waals surface area contributed by atoms with Crippen LogP contribution in [0.25, 0.3) is 0 Å². The highest BCUT2D eigenvalue weighted by Gasteiger charge is 2.17. The predicted molar refractivity (Wildman–Crippen MR) is 78.0 cm³/mol. The van der Waals surface area contributed by atoms with Crippen molar-refractivity contribution >= 4 is 17.2 Å². The van der Waals surface area contributed by atoms with Gasteiger partial charge in [0.25, 0.3) is 0 Å². The Hall–Kier alpha value is -0.870. The molecule has 1 atom stereocenters. The lowest BCUT2D eigenvalue weighted by molar-refractivity contribution is -0.121. The minimum atomic E-state index is -0.116. The lowest BCUT2D eigenvalue weighted by Crippen LogP contribution is -2.47. The van der Waals surface area contributed by atoms with Gasteiger partial charge in [0, 0.05) is 11.6 Å². The third kappa shape index (κ3) is 5.65. The molecule has 1 aromatic rings. The molecule has 2 N–H and O–H groups in total. The zero-order valence-corrected chi connectivity index (χ0v) is 12.6. The van der Waals surface area contributed by atoms with Crippen molar-refractivity contribution in [1.82, 2.24) is 10.6 Å². The fourth-order valence-corrected chi connectivity index (χ4v) is 2.29. The number of carbonyl (C=O) groups is 1. The van der Waals surface area contributed by atoms with Crippen LogP contribution in [0.3, 0.4) is 0 Å². The molecule has 0 fully saturated rings. The summed E-state index contributed by atoms with van der Waals surface area (Å²) in [6.07, 6.45) is 1.90. The van der Waals surface area contributed by atoms with E-state index in [1.165, 1.54) is 5.56 Å². The van der Waals surface area contributed by atoms with Gasteiger partial charge in [-0.2, -0.15) is 11.3 Å². The van der Waals surface area contributed by atoms with Gasteiger partial charge in [-0.1, -0.05) is 6.92 Å². The van der Waals surface area contributed by atoms with Crippen LogP contribution in [0.5, 0.6) is 0 Å². The van der Waals surface area contributed by atoms with Crippen molar-refractivity contribution in [2.24, 2.45) is 0 Å². The normalized spacial score (nSPS) is 13.3. The molecule has 1 aromatic heterocycles. The van der Waals surface area contributed by atoms with E-state index in [1.807, 2.05) is 13.8 Å². The molecule has 0 aliphatic carbocycles. The van der Waals surface area contributed by atoms with Crippen LogP contribution >= 0.6 is 11.3 Å². The maximum Gasteiger partial charge on any atom is 0.234 e. The van der Waals surface area contributed by atoms with Crippen LogP contribution in [0.2, 0.25) is 0 Å². The first-order valence-electron chi connectivity index (χ1n) is 6.48. The first kappa shape index (κ1) is 15.2. The van der Waals surface area contributed by atoms with Gasteiger partial charge >= 0.3 is 0 Å². The van der Waals surface area contributed by atoms with E-state index in [9.17, 15) is 4.79 Å². The van der Waals surface area contributed by atoms with Gasteiger partial charge in [-0.05, 0) is 56.0 Å². The maximum absolute atomic E-state index is 11.8. The Kier molecular flexibility index (Phi) is 5.82. The summed E-state index contributed by atoms with van der Waals surface area (Å²) in [6.45, 7) is 8.65. The van der Waals surface area contributed by atoms with E-state index >= 15 is 0 Å². The molecule has 1 amide bonds. The van der Waals surface area contributed by atoms with E-state index in [0.29, 0.717) is 12.6 Å². The van der Waals surface area contributed by atoms with Gasteiger partial charge in [-0.25, -0.2) is 0 Å². The smallest absolute Gasteiger partial charge is 0.234 e. The minimum Gasteiger partial charge on any atom is -0.350 e. The molecule has 3 nitrogen and oxygen atoms in total. The fourth-order valence-electron chi connectivity index (χ4n) is 1.61. The van der Waals surface area contributed by atoms with Crippen LogP contribution in [0.15, 0.2) is 16.8 Å². The number of rotatable bonds is 7. The van der Waals surface area contributed by atoms with Crippen molar-refractivity contribution in [1.29, 1.82) is 0 Å². The summed E-state index contributed by atoms with van der Waals surface area (Å²) in [7, 11) is 0. The Bertz CT molecular complexity index is 360. The molecule has 0 aliphatic rings. The third-order valence-electron chi connectivity index (χ3n) is 3.09. The molecule has 0 radical (unpaired) electrons. The van der Waals surface area contributed by atoms with Crippen LogP contribution in [0.4, 0.5) is 0 Å². The predicted octanol–water partition coefficient (Wildman–Crippen LogP) is 2.57. The summed E-state index contributed by atoms with van der Waals surface area (Å²) >= 11 is 1.71. The number of hydrogen-bond acceptors (Lipinski definition) is 3. The topological polar surface area (TPSA) is 41.1 Å². The molecule has 0 saturated heterocycles. The maximum atomic E-state index is 11.8. The van der Waals surface area contributed by atoms with Crippen molar-refractivity contribution in [2.75, 3.05) is 6.54 Å². The Balaban J connectivity index is 2.26. The van der Waals surface area contributed by atoms with Gasteiger partial charge in [0.2, 0.25) is 5.91 Å². The van der Waals surface area contributed by atoms with Crippen LogP contribution in [-0.2, 0) is 11.2 Å². The van der Waals surface area contributed by atoms with Crippen LogP contribution in [0.1, 0.15) is 39.7 Å². The summed E-state index contributed by atoms with van der Waals surface area (Å²) < 4.78 is 0. The van der Waals surface area contributed by atoms with E-state index in [1.54, 1.807) is 11.3 Å². The zero-order valence-electron chi connectivity index (χ0n) is 11.7. The SMILES string of the molecule is CCC(C)(C)NC(=O)CNC(C)Cc1ccsc1. The third-order valence-corrected chi connectivity index (χ3v) is 3.83. The number of amides is 1. The lowest BCUT2D eigenvalue weighted by Gasteiger charge is -2.25. The Morgan fingerprint density at radius 1 is 1.50 bits per heavy atom. The highest BCUT2D eigenvalue weighted by molar-refractivity contribution is 7.07. The fraction of sp³-hybridized carbons (Fsp3) is 0.643. The van der Waals surface area contributed by atoms with Gasteiger partial charge in [0.05, 0.1) is 6.54 Å². The number of carbonyl (C=O) groups excluding carboxylic acids is 1. The number of hydrogen-bond donors (Lipinski definition) is 2. The Morgan fingerprint density at radius 3 is 2.78 bits per heavy atom. The second-order valence-electron chi connectivity index (χ2n) is 5.40. The van der Waals surface area contributed by atoms with Crippen molar-refractivity contribution in [2.45, 2.75) is 52.1 Å². The van der Waals surface area contributed by atoms with Crippen molar-refractivity contribution < 1.29 is 4.79 Å². The van der Waals surface area contributed by atoms with Crippen LogP contribution < -0.4 is 10.6 Å². The first-order valence-corrected chi connectivity index (χ1v) is 7.42. The van der Waals surface area contributed by atoms with E-state index in [4.69, 9.17) is 0 Å². The molecule has 0 aliphatic heterocycles. The quantitative estimate of drug-likeness (QED) is 0.798. The summed E-state index contributed by atoms with van der Waals surface area (Å²) in [5.41, 5.74) is 1.21. The average Bonchev–Trinajstić information content (AvgIpc) is 2.78. The zero-order chi connectivity index (χ0) is 13.6. The molecule has 18 heavy (non-hydrogen) atoms. The van der Waals surface area contributed by atoms with Gasteiger partial charge in [-0.3, -0.25) is 4.79 Å². The molecule has 0 bridgehead atoms. The lowest BCUT2D eigenvalue weighted by atomic mass is 10.0. The summed E-state index contributed by atoms with van der Waals surface area (Å²) in [4.78, 5) is 11.8. The molecule has 4 heteroatoms. The van der Waals surface area contributed by atoms with Crippen molar-refractivity contribution in [3.8, 4) is 0 Å². The molecule has 1 unspecified atom stereocenters. The minimum absolute atomic E-state index is 0.0685. The highest BCUT2D eigenvalue weighted by Crippen LogP contribution is 2.08. The summed E-state index contributed by atoms with van der Waals surface area (Å²) in [6, 6.07) is 2.44. The van der Waals surface area contributed by atoms with Crippen LogP contribution in [-0.4, -0.2) is 24.0 Å². The molecule has 102 valence electrons. The van der Waals surface area contributed by atoms with E-state index in [2.05, 4.69) is 41.3 Å². The second kappa shape index (κ2) is 6.90. The first-order chi connectivity index (χ1) is 8.43. The highest BCUT2D eigenvalue weighted by atomic mass is 32.1. The van der Waals surface area contributed by atoms with E-state index < -0.39 is 0 Å². The second-order valence-corrected chi connectivity index (χ2v) is 6.18. The molecule has 0 aromatic carbocycles. The van der Waals surface area contributed by atoms with Gasteiger partial charge < -0.3 is 10.6 Å². The Morgan fingerprint density at radius 2 is 2.22 bits per heavy atom. The molecule has 0 saturated carbocycles. The largest absolute Gasteiger partial charge is 0.350 e. The molecule has 0 spiro atoms. The van der Waals surface area contributed by atoms with Crippen molar-refractivity contribution in [3.63, 3.8) is 0 Å². The van der Waals surface area contributed by atoms with Gasteiger partial charge in [0.1, 0.15) is 0 Å². The summed E-state index contributed by atoms with van der Waals surface area (Å²) in [5.74, 6) is 0.0685. The van der Waals surface area contributed by atoms with Gasteiger partial charge in [-0.15, -0.1) is 0 Å². The van der Waals surface area contributed by atoms with E-state index in [0.717, 1.165) is 12.8 Å². The number of nitrogens with one attached hydrogen (secondary N) is 2. The number of thiophene rings is 1. The average molecular weight is 268 g/mol. The standard InChI is InChI=1S/C14H24N2OS/c1-5-14(3,4)16-13(17)9-15-11(2)8-12-6-7-18-10-12/h6-7,10-11,15H,5,8-9H2,1-4H3,(H,16,17). The molecular weight excluding hydrogens is 244 g/mol. The van der Waals surface area contributed by atoms with Crippen LogP contribution in [0, 0.1) is 0 Å². The van der Waals surface area contributed by atoms with Crippen molar-refractivity contribution in [3.05, 3.63) is 22.4 Å².